The third-order valence-corrected chi connectivity index (χ3v) is 5.66. The van der Waals surface area contributed by atoms with Gasteiger partial charge in [-0.3, -0.25) is 0 Å². The van der Waals surface area contributed by atoms with E-state index in [0.717, 1.165) is 0 Å². The van der Waals surface area contributed by atoms with Crippen LogP contribution in [0.2, 0.25) is 0 Å². The van der Waals surface area contributed by atoms with E-state index in [2.05, 4.69) is 39.0 Å². The first kappa shape index (κ1) is 24.2. The maximum Gasteiger partial charge on any atom is 0 e. The van der Waals surface area contributed by atoms with Crippen molar-refractivity contribution in [1.82, 2.24) is 0 Å². The van der Waals surface area contributed by atoms with Crippen LogP contribution in [0.5, 0.6) is 0 Å². The summed E-state index contributed by atoms with van der Waals surface area (Å²) < 4.78 is 15.0. The predicted molar refractivity (Wildman–Crippen MR) is 95.3 cm³/mol. The normalized spacial score (nSPS) is 25.1. The molecule has 0 saturated heterocycles. The van der Waals surface area contributed by atoms with E-state index in [9.17, 15) is 0 Å². The predicted octanol–water partition coefficient (Wildman–Crippen LogP) is 5.52. The average molecular weight is 382 g/mol. The molecule has 10 radical (unpaired) electrons. The van der Waals surface area contributed by atoms with Gasteiger partial charge < -0.3 is 0 Å². The topological polar surface area (TPSA) is 39.8 Å². The van der Waals surface area contributed by atoms with E-state index in [1.54, 1.807) is 35.5 Å². The van der Waals surface area contributed by atoms with E-state index in [0.29, 0.717) is 0 Å². The SMILES string of the molecule is [C-]#[O+].[C-]#[O+].[CH]1[CH][C](CCC[C]2[CH][CH][C]3CCCC[C]32)[C]2CCCC[C]12.[Ti]. The van der Waals surface area contributed by atoms with Gasteiger partial charge in [0, 0.05) is 21.7 Å². The molecule has 4 rings (SSSR count). The van der Waals surface area contributed by atoms with Crippen LogP contribution >= 0.6 is 0 Å². The Morgan fingerprint density at radius 1 is 0.615 bits per heavy atom. The van der Waals surface area contributed by atoms with Gasteiger partial charge in [0.1, 0.15) is 0 Å². The average Bonchev–Trinajstić information content (AvgIpc) is 3.30. The van der Waals surface area contributed by atoms with Gasteiger partial charge in [-0.1, -0.05) is 32.1 Å². The summed E-state index contributed by atoms with van der Waals surface area (Å²) in [6, 6.07) is 0. The summed E-state index contributed by atoms with van der Waals surface area (Å²) in [5.74, 6) is 10.1. The molecule has 3 heteroatoms. The molecular weight excluding hydrogens is 356 g/mol. The zero-order chi connectivity index (χ0) is 18.1. The number of hydrogen-bond donors (Lipinski definition) is 0. The summed E-state index contributed by atoms with van der Waals surface area (Å²) in [5, 5.41) is 0. The van der Waals surface area contributed by atoms with E-state index >= 15 is 0 Å². The fourth-order valence-electron chi connectivity index (χ4n) is 4.50. The van der Waals surface area contributed by atoms with Gasteiger partial charge in [0.2, 0.25) is 0 Å². The van der Waals surface area contributed by atoms with Crippen molar-refractivity contribution in [2.45, 2.75) is 70.6 Å². The van der Waals surface area contributed by atoms with Gasteiger partial charge in [0.15, 0.2) is 0 Å². The van der Waals surface area contributed by atoms with E-state index in [-0.39, 0.29) is 21.7 Å². The van der Waals surface area contributed by atoms with Crippen LogP contribution in [0.25, 0.3) is 0 Å². The van der Waals surface area contributed by atoms with Crippen LogP contribution < -0.4 is 0 Å². The molecule has 0 heterocycles. The van der Waals surface area contributed by atoms with Crippen LogP contribution in [-0.2, 0) is 31.0 Å². The van der Waals surface area contributed by atoms with Gasteiger partial charge in [-0.05, 0) is 99.7 Å². The molecule has 0 spiro atoms. The summed E-state index contributed by atoms with van der Waals surface area (Å²) >= 11 is 0. The molecule has 4 aliphatic rings. The summed E-state index contributed by atoms with van der Waals surface area (Å²) in [7, 11) is 0. The summed E-state index contributed by atoms with van der Waals surface area (Å²) in [4.78, 5) is 0. The minimum absolute atomic E-state index is 0. The molecule has 0 unspecified atom stereocenters. The molecule has 0 aromatic rings. The molecule has 0 amide bonds. The van der Waals surface area contributed by atoms with Gasteiger partial charge in [0.25, 0.3) is 0 Å². The number of hydrogen-bond acceptors (Lipinski definition) is 0. The smallest absolute Gasteiger partial charge is 0 e. The van der Waals surface area contributed by atoms with Crippen molar-refractivity contribution in [3.8, 4) is 0 Å². The van der Waals surface area contributed by atoms with E-state index in [1.165, 1.54) is 70.6 Å². The molecule has 134 valence electrons. The van der Waals surface area contributed by atoms with Crippen molar-refractivity contribution in [3.05, 3.63) is 74.5 Å². The summed E-state index contributed by atoms with van der Waals surface area (Å²) in [6.45, 7) is 9.00. The first-order chi connectivity index (χ1) is 12.4. The Labute approximate surface area is 176 Å². The molecule has 0 atom stereocenters. The van der Waals surface area contributed by atoms with Crippen molar-refractivity contribution < 1.29 is 31.0 Å². The monoisotopic (exact) mass is 382 g/mol. The third-order valence-electron chi connectivity index (χ3n) is 5.66. The van der Waals surface area contributed by atoms with Crippen molar-refractivity contribution in [1.29, 1.82) is 0 Å². The minimum atomic E-state index is 0. The van der Waals surface area contributed by atoms with Crippen LogP contribution in [0, 0.1) is 74.5 Å². The molecule has 4 aliphatic carbocycles. The zero-order valence-electron chi connectivity index (χ0n) is 15.4. The van der Waals surface area contributed by atoms with Crippen LogP contribution in [-0.4, -0.2) is 0 Å². The Kier molecular flexibility index (Phi) is 12.5. The van der Waals surface area contributed by atoms with Gasteiger partial charge in [-0.2, -0.15) is 0 Å². The molecule has 2 nitrogen and oxygen atoms in total. The third kappa shape index (κ3) is 6.10. The van der Waals surface area contributed by atoms with Crippen molar-refractivity contribution in [3.63, 3.8) is 0 Å². The Morgan fingerprint density at radius 2 is 1.00 bits per heavy atom. The second-order valence-electron chi connectivity index (χ2n) is 6.99. The Morgan fingerprint density at radius 3 is 1.42 bits per heavy atom. The van der Waals surface area contributed by atoms with Crippen LogP contribution in [0.1, 0.15) is 70.6 Å². The van der Waals surface area contributed by atoms with Crippen molar-refractivity contribution in [2.24, 2.45) is 0 Å². The number of rotatable bonds is 4. The van der Waals surface area contributed by atoms with Gasteiger partial charge in [0.05, 0.1) is 0 Å². The van der Waals surface area contributed by atoms with Crippen molar-refractivity contribution in [2.75, 3.05) is 0 Å². The van der Waals surface area contributed by atoms with Crippen LogP contribution in [0.15, 0.2) is 0 Å². The standard InChI is InChI=1S/C21H26.2CO.Ti/c1-3-10-20-16(6-1)12-14-18(20)8-5-9-19-15-13-17-7-2-4-11-21(17)19;2*1-2;/h12-15H,1-11H2;;;. The molecule has 26 heavy (non-hydrogen) atoms. The Hall–Kier alpha value is 0.194. The van der Waals surface area contributed by atoms with Gasteiger partial charge in [-0.15, -0.1) is 0 Å². The first-order valence-electron chi connectivity index (χ1n) is 9.35. The molecule has 4 saturated carbocycles. The maximum absolute atomic E-state index is 7.50. The van der Waals surface area contributed by atoms with E-state index in [1.807, 2.05) is 0 Å². The molecule has 0 N–H and O–H groups in total. The summed E-state index contributed by atoms with van der Waals surface area (Å²) in [6.07, 6.45) is 24.4. The van der Waals surface area contributed by atoms with Crippen LogP contribution in [0.3, 0.4) is 0 Å². The quantitative estimate of drug-likeness (QED) is 0.349. The first-order valence-corrected chi connectivity index (χ1v) is 9.35. The zero-order valence-corrected chi connectivity index (χ0v) is 17.0. The maximum atomic E-state index is 7.50. The van der Waals surface area contributed by atoms with Gasteiger partial charge in [-0.25, -0.2) is 0 Å². The molecule has 0 aromatic carbocycles. The van der Waals surface area contributed by atoms with E-state index in [4.69, 9.17) is 9.30 Å². The molecular formula is C23H26O2Ti. The largest absolute Gasteiger partial charge is 0.0527 e. The van der Waals surface area contributed by atoms with Gasteiger partial charge >= 0.3 is 22.6 Å². The Balaban J connectivity index is 0.000000635. The fourth-order valence-corrected chi connectivity index (χ4v) is 4.50. The van der Waals surface area contributed by atoms with Crippen LogP contribution in [0.4, 0.5) is 0 Å². The fraction of sp³-hybridized carbons (Fsp3) is 0.478. The molecule has 0 bridgehead atoms. The minimum Gasteiger partial charge on any atom is -0.0527 e. The number of fused-ring (bicyclic) bond motifs is 2. The van der Waals surface area contributed by atoms with Crippen molar-refractivity contribution >= 4 is 0 Å². The molecule has 0 aliphatic heterocycles. The second kappa shape index (κ2) is 13.4. The molecule has 0 aromatic heterocycles. The Bertz CT molecular complexity index is 381. The summed E-state index contributed by atoms with van der Waals surface area (Å²) in [5.41, 5.74) is 0. The molecule has 4 fully saturated rings. The second-order valence-corrected chi connectivity index (χ2v) is 6.99. The van der Waals surface area contributed by atoms with E-state index < -0.39 is 0 Å².